The third-order valence-electron chi connectivity index (χ3n) is 4.35. The second kappa shape index (κ2) is 5.64. The topological polar surface area (TPSA) is 47.3 Å². The maximum atomic E-state index is 12.5. The van der Waals surface area contributed by atoms with Gasteiger partial charge in [-0.25, -0.2) is 0 Å². The van der Waals surface area contributed by atoms with Crippen LogP contribution in [0.1, 0.15) is 35.2 Å². The highest BCUT2D eigenvalue weighted by Gasteiger charge is 2.31. The average Bonchev–Trinajstić information content (AvgIpc) is 3.17. The Hall–Kier alpha value is -1.86. The zero-order chi connectivity index (χ0) is 13.9. The highest BCUT2D eigenvalue weighted by Crippen LogP contribution is 2.22. The van der Waals surface area contributed by atoms with E-state index in [-0.39, 0.29) is 5.91 Å². The van der Waals surface area contributed by atoms with Crippen LogP contribution in [0.2, 0.25) is 0 Å². The predicted octanol–water partition coefficient (Wildman–Crippen LogP) is 1.87. The first-order chi connectivity index (χ1) is 9.78. The summed E-state index contributed by atoms with van der Waals surface area (Å²) in [5, 5.41) is 8.91. The monoisotopic (exact) mass is 269 g/mol. The first-order valence-electron chi connectivity index (χ1n) is 7.31. The molecule has 1 aromatic rings. The van der Waals surface area contributed by atoms with Crippen LogP contribution in [-0.4, -0.2) is 47.9 Å². The molecule has 2 fully saturated rings. The molecule has 0 spiro atoms. The van der Waals surface area contributed by atoms with Crippen molar-refractivity contribution in [2.24, 2.45) is 0 Å². The van der Waals surface area contributed by atoms with E-state index in [2.05, 4.69) is 11.0 Å². The summed E-state index contributed by atoms with van der Waals surface area (Å²) in [6.07, 6.45) is 3.65. The third-order valence-corrected chi connectivity index (χ3v) is 4.35. The normalized spacial score (nSPS) is 22.9. The predicted molar refractivity (Wildman–Crippen MR) is 76.3 cm³/mol. The van der Waals surface area contributed by atoms with E-state index in [1.165, 1.54) is 25.9 Å². The third kappa shape index (κ3) is 2.54. The molecule has 0 bridgehead atoms. The van der Waals surface area contributed by atoms with Crippen molar-refractivity contribution in [3.05, 3.63) is 35.4 Å². The van der Waals surface area contributed by atoms with E-state index in [0.717, 1.165) is 19.5 Å². The lowest BCUT2D eigenvalue weighted by Gasteiger charge is -2.23. The summed E-state index contributed by atoms with van der Waals surface area (Å²) in [4.78, 5) is 16.9. The molecule has 2 aliphatic heterocycles. The summed E-state index contributed by atoms with van der Waals surface area (Å²) in [7, 11) is 0. The SMILES string of the molecule is N#Cc1cccc(C(=O)N2CCC(N3CCCC3)C2)c1. The fraction of sp³-hybridized carbons (Fsp3) is 0.500. The van der Waals surface area contributed by atoms with Gasteiger partial charge >= 0.3 is 0 Å². The Kier molecular flexibility index (Phi) is 3.70. The van der Waals surface area contributed by atoms with E-state index in [4.69, 9.17) is 5.26 Å². The summed E-state index contributed by atoms with van der Waals surface area (Å²) < 4.78 is 0. The van der Waals surface area contributed by atoms with Gasteiger partial charge in [-0.3, -0.25) is 9.69 Å². The van der Waals surface area contributed by atoms with E-state index in [1.54, 1.807) is 24.3 Å². The van der Waals surface area contributed by atoms with Crippen molar-refractivity contribution in [2.75, 3.05) is 26.2 Å². The lowest BCUT2D eigenvalue weighted by atomic mass is 10.1. The number of benzene rings is 1. The number of nitriles is 1. The van der Waals surface area contributed by atoms with E-state index < -0.39 is 0 Å². The molecule has 4 heteroatoms. The summed E-state index contributed by atoms with van der Waals surface area (Å²) in [6, 6.07) is 9.61. The van der Waals surface area contributed by atoms with Crippen LogP contribution in [0.15, 0.2) is 24.3 Å². The molecule has 3 rings (SSSR count). The number of nitrogens with zero attached hydrogens (tertiary/aromatic N) is 3. The zero-order valence-corrected chi connectivity index (χ0v) is 11.6. The molecule has 4 nitrogen and oxygen atoms in total. The van der Waals surface area contributed by atoms with Gasteiger partial charge in [0.05, 0.1) is 11.6 Å². The number of hydrogen-bond donors (Lipinski definition) is 0. The molecule has 2 heterocycles. The van der Waals surface area contributed by atoms with Crippen LogP contribution in [-0.2, 0) is 0 Å². The van der Waals surface area contributed by atoms with Crippen LogP contribution in [0.5, 0.6) is 0 Å². The number of carbonyl (C=O) groups excluding carboxylic acids is 1. The minimum atomic E-state index is 0.0591. The standard InChI is InChI=1S/C16H19N3O/c17-11-13-4-3-5-14(10-13)16(20)19-9-6-15(12-19)18-7-1-2-8-18/h3-5,10,15H,1-2,6-9,12H2. The molecule has 0 aliphatic carbocycles. The van der Waals surface area contributed by atoms with Crippen molar-refractivity contribution in [3.8, 4) is 6.07 Å². The van der Waals surface area contributed by atoms with Gasteiger partial charge in [0.25, 0.3) is 5.91 Å². The molecule has 2 aliphatic rings. The van der Waals surface area contributed by atoms with E-state index in [9.17, 15) is 4.79 Å². The molecule has 0 N–H and O–H groups in total. The lowest BCUT2D eigenvalue weighted by Crippen LogP contribution is -2.37. The molecule has 1 aromatic carbocycles. The number of amides is 1. The van der Waals surface area contributed by atoms with Gasteiger partial charge in [0.15, 0.2) is 0 Å². The van der Waals surface area contributed by atoms with Gasteiger partial charge < -0.3 is 4.90 Å². The molecule has 1 amide bonds. The second-order valence-electron chi connectivity index (χ2n) is 5.63. The summed E-state index contributed by atoms with van der Waals surface area (Å²) in [5.41, 5.74) is 1.18. The van der Waals surface area contributed by atoms with Gasteiger partial charge in [-0.15, -0.1) is 0 Å². The van der Waals surface area contributed by atoms with Crippen LogP contribution in [0.25, 0.3) is 0 Å². The average molecular weight is 269 g/mol. The Balaban J connectivity index is 1.67. The van der Waals surface area contributed by atoms with Crippen molar-refractivity contribution >= 4 is 5.91 Å². The maximum absolute atomic E-state index is 12.5. The van der Waals surface area contributed by atoms with Crippen LogP contribution in [0.3, 0.4) is 0 Å². The van der Waals surface area contributed by atoms with Crippen LogP contribution < -0.4 is 0 Å². The van der Waals surface area contributed by atoms with Crippen molar-refractivity contribution in [3.63, 3.8) is 0 Å². The van der Waals surface area contributed by atoms with Gasteiger partial charge in [0, 0.05) is 24.7 Å². The molecular formula is C16H19N3O. The minimum absolute atomic E-state index is 0.0591. The first kappa shape index (κ1) is 13.1. The Bertz CT molecular complexity index is 543. The highest BCUT2D eigenvalue weighted by atomic mass is 16.2. The zero-order valence-electron chi connectivity index (χ0n) is 11.6. The molecule has 2 saturated heterocycles. The Morgan fingerprint density at radius 3 is 2.80 bits per heavy atom. The fourth-order valence-electron chi connectivity index (χ4n) is 3.24. The van der Waals surface area contributed by atoms with Crippen LogP contribution in [0.4, 0.5) is 0 Å². The molecule has 1 atom stereocenters. The van der Waals surface area contributed by atoms with Gasteiger partial charge in [-0.1, -0.05) is 6.07 Å². The van der Waals surface area contributed by atoms with E-state index >= 15 is 0 Å². The molecule has 0 saturated carbocycles. The van der Waals surface area contributed by atoms with Gasteiger partial charge in [0.1, 0.15) is 0 Å². The maximum Gasteiger partial charge on any atom is 0.253 e. The highest BCUT2D eigenvalue weighted by molar-refractivity contribution is 5.94. The molecule has 0 radical (unpaired) electrons. The Labute approximate surface area is 119 Å². The van der Waals surface area contributed by atoms with E-state index in [1.807, 2.05) is 4.90 Å². The van der Waals surface area contributed by atoms with Gasteiger partial charge in [-0.05, 0) is 50.6 Å². The molecule has 104 valence electrons. The van der Waals surface area contributed by atoms with Gasteiger partial charge in [-0.2, -0.15) is 5.26 Å². The number of rotatable bonds is 2. The first-order valence-corrected chi connectivity index (χ1v) is 7.31. The largest absolute Gasteiger partial charge is 0.337 e. The summed E-state index contributed by atoms with van der Waals surface area (Å²) >= 11 is 0. The van der Waals surface area contributed by atoms with E-state index in [0.29, 0.717) is 17.2 Å². The van der Waals surface area contributed by atoms with Crippen molar-refractivity contribution in [1.82, 2.24) is 9.80 Å². The lowest BCUT2D eigenvalue weighted by molar-refractivity contribution is 0.0780. The number of hydrogen-bond acceptors (Lipinski definition) is 3. The van der Waals surface area contributed by atoms with Crippen LogP contribution >= 0.6 is 0 Å². The second-order valence-corrected chi connectivity index (χ2v) is 5.63. The van der Waals surface area contributed by atoms with Crippen molar-refractivity contribution < 1.29 is 4.79 Å². The minimum Gasteiger partial charge on any atom is -0.337 e. The molecule has 1 unspecified atom stereocenters. The van der Waals surface area contributed by atoms with Crippen LogP contribution in [0, 0.1) is 11.3 Å². The summed E-state index contributed by atoms with van der Waals surface area (Å²) in [6.45, 7) is 4.01. The smallest absolute Gasteiger partial charge is 0.253 e. The summed E-state index contributed by atoms with van der Waals surface area (Å²) in [5.74, 6) is 0.0591. The van der Waals surface area contributed by atoms with Crippen molar-refractivity contribution in [1.29, 1.82) is 5.26 Å². The molecule has 0 aromatic heterocycles. The van der Waals surface area contributed by atoms with Crippen molar-refractivity contribution in [2.45, 2.75) is 25.3 Å². The Morgan fingerprint density at radius 2 is 2.05 bits per heavy atom. The fourth-order valence-corrected chi connectivity index (χ4v) is 3.24. The number of carbonyl (C=O) groups is 1. The molecular weight excluding hydrogens is 250 g/mol. The number of likely N-dealkylation sites (tertiary alicyclic amines) is 2. The molecule has 20 heavy (non-hydrogen) atoms. The van der Waals surface area contributed by atoms with Gasteiger partial charge in [0.2, 0.25) is 0 Å². The quantitative estimate of drug-likeness (QED) is 0.823. The Morgan fingerprint density at radius 1 is 1.25 bits per heavy atom.